The van der Waals surface area contributed by atoms with Crippen LogP contribution in [0.25, 0.3) is 0 Å². The van der Waals surface area contributed by atoms with E-state index in [2.05, 4.69) is 44.5 Å². The molecule has 0 radical (unpaired) electrons. The molecule has 1 aromatic rings. The summed E-state index contributed by atoms with van der Waals surface area (Å²) in [6, 6.07) is 2.95. The van der Waals surface area contributed by atoms with Crippen LogP contribution < -0.4 is 5.32 Å². The number of aryl methyl sites for hydroxylation is 1. The second-order valence-corrected chi connectivity index (χ2v) is 6.14. The maximum atomic E-state index is 3.59. The smallest absolute Gasteiger partial charge is 0.0131 e. The predicted octanol–water partition coefficient (Wildman–Crippen LogP) is 3.55. The zero-order chi connectivity index (χ0) is 11.1. The summed E-state index contributed by atoms with van der Waals surface area (Å²) in [5.74, 6) is 0.765. The lowest BCUT2D eigenvalue weighted by Gasteiger charge is -2.52. The molecule has 0 aliphatic heterocycles. The van der Waals surface area contributed by atoms with Gasteiger partial charge in [0.05, 0.1) is 0 Å². The van der Waals surface area contributed by atoms with Gasteiger partial charge in [-0.1, -0.05) is 20.8 Å². The first-order valence-electron chi connectivity index (χ1n) is 5.84. The fourth-order valence-electron chi connectivity index (χ4n) is 2.70. The Labute approximate surface area is 96.9 Å². The van der Waals surface area contributed by atoms with Gasteiger partial charge in [-0.25, -0.2) is 0 Å². The number of hydrogen-bond donors (Lipinski definition) is 1. The van der Waals surface area contributed by atoms with Crippen molar-refractivity contribution in [2.75, 3.05) is 6.54 Å². The summed E-state index contributed by atoms with van der Waals surface area (Å²) < 4.78 is 0. The molecule has 2 atom stereocenters. The Hall–Kier alpha value is -0.340. The van der Waals surface area contributed by atoms with Gasteiger partial charge in [0.15, 0.2) is 0 Å². The Kier molecular flexibility index (Phi) is 2.91. The maximum Gasteiger partial charge on any atom is 0.0131 e. The van der Waals surface area contributed by atoms with Gasteiger partial charge < -0.3 is 5.32 Å². The zero-order valence-electron chi connectivity index (χ0n) is 10.1. The second kappa shape index (κ2) is 3.91. The van der Waals surface area contributed by atoms with Crippen LogP contribution in [-0.2, 0) is 0 Å². The Morgan fingerprint density at radius 1 is 1.53 bits per heavy atom. The van der Waals surface area contributed by atoms with Crippen LogP contribution in [0.15, 0.2) is 11.4 Å². The summed E-state index contributed by atoms with van der Waals surface area (Å²) in [6.07, 6.45) is 1.31. The molecule has 1 aliphatic carbocycles. The van der Waals surface area contributed by atoms with E-state index in [9.17, 15) is 0 Å². The Bertz CT molecular complexity index is 340. The number of rotatable bonds is 3. The minimum Gasteiger partial charge on any atom is -0.314 e. The van der Waals surface area contributed by atoms with Gasteiger partial charge in [-0.05, 0) is 42.3 Å². The quantitative estimate of drug-likeness (QED) is 0.826. The van der Waals surface area contributed by atoms with Gasteiger partial charge in [0.1, 0.15) is 0 Å². The van der Waals surface area contributed by atoms with Gasteiger partial charge in [-0.15, -0.1) is 11.3 Å². The van der Waals surface area contributed by atoms with E-state index in [1.54, 1.807) is 4.88 Å². The topological polar surface area (TPSA) is 12.0 Å². The number of thiophene rings is 1. The molecule has 0 spiro atoms. The van der Waals surface area contributed by atoms with E-state index >= 15 is 0 Å². The van der Waals surface area contributed by atoms with Gasteiger partial charge >= 0.3 is 0 Å². The van der Waals surface area contributed by atoms with Crippen LogP contribution >= 0.6 is 11.3 Å². The highest BCUT2D eigenvalue weighted by atomic mass is 32.1. The molecule has 1 nitrogen and oxygen atoms in total. The summed E-state index contributed by atoms with van der Waals surface area (Å²) in [7, 11) is 0. The first-order chi connectivity index (χ1) is 7.07. The summed E-state index contributed by atoms with van der Waals surface area (Å²) in [5, 5.41) is 5.81. The van der Waals surface area contributed by atoms with Gasteiger partial charge in [0.25, 0.3) is 0 Å². The van der Waals surface area contributed by atoms with Gasteiger partial charge in [-0.2, -0.15) is 0 Å². The molecule has 84 valence electrons. The minimum absolute atomic E-state index is 0.422. The standard InChI is InChI=1S/C13H21NS/c1-5-14-11-8-10(13(11,3)4)12-9(2)6-7-15-12/h6-7,10-11,14H,5,8H2,1-4H3. The Morgan fingerprint density at radius 3 is 2.73 bits per heavy atom. The van der Waals surface area contributed by atoms with Crippen LogP contribution in [0.1, 0.15) is 43.6 Å². The molecule has 0 bridgehead atoms. The average molecular weight is 223 g/mol. The van der Waals surface area contributed by atoms with E-state index in [-0.39, 0.29) is 0 Å². The van der Waals surface area contributed by atoms with E-state index in [4.69, 9.17) is 0 Å². The van der Waals surface area contributed by atoms with Crippen molar-refractivity contribution in [1.82, 2.24) is 5.32 Å². The molecular formula is C13H21NS. The molecule has 1 N–H and O–H groups in total. The normalized spacial score (nSPS) is 28.8. The van der Waals surface area contributed by atoms with E-state index < -0.39 is 0 Å². The first kappa shape index (κ1) is 11.2. The van der Waals surface area contributed by atoms with Crippen molar-refractivity contribution in [3.63, 3.8) is 0 Å². The van der Waals surface area contributed by atoms with E-state index in [0.717, 1.165) is 12.5 Å². The fraction of sp³-hybridized carbons (Fsp3) is 0.692. The van der Waals surface area contributed by atoms with Crippen molar-refractivity contribution in [2.45, 2.75) is 46.1 Å². The van der Waals surface area contributed by atoms with Crippen LogP contribution in [0.5, 0.6) is 0 Å². The van der Waals surface area contributed by atoms with Crippen molar-refractivity contribution < 1.29 is 0 Å². The second-order valence-electron chi connectivity index (χ2n) is 5.19. The monoisotopic (exact) mass is 223 g/mol. The van der Waals surface area contributed by atoms with Crippen LogP contribution in [0.2, 0.25) is 0 Å². The maximum absolute atomic E-state index is 3.59. The lowest BCUT2D eigenvalue weighted by Crippen LogP contribution is -2.55. The summed E-state index contributed by atoms with van der Waals surface area (Å²) in [5.41, 5.74) is 1.90. The molecule has 2 unspecified atom stereocenters. The van der Waals surface area contributed by atoms with Gasteiger partial charge in [0.2, 0.25) is 0 Å². The third kappa shape index (κ3) is 1.74. The Morgan fingerprint density at radius 2 is 2.27 bits per heavy atom. The molecule has 1 aromatic heterocycles. The Balaban J connectivity index is 2.13. The lowest BCUT2D eigenvalue weighted by atomic mass is 9.57. The fourth-order valence-corrected chi connectivity index (χ4v) is 3.94. The molecule has 0 aromatic carbocycles. The first-order valence-corrected chi connectivity index (χ1v) is 6.72. The molecule has 1 saturated carbocycles. The summed E-state index contributed by atoms with van der Waals surface area (Å²) in [6.45, 7) is 10.3. The zero-order valence-corrected chi connectivity index (χ0v) is 10.9. The molecule has 2 heteroatoms. The average Bonchev–Trinajstić information content (AvgIpc) is 2.58. The molecule has 1 heterocycles. The molecule has 0 amide bonds. The van der Waals surface area contributed by atoms with Gasteiger partial charge in [-0.3, -0.25) is 0 Å². The van der Waals surface area contributed by atoms with Crippen molar-refractivity contribution >= 4 is 11.3 Å². The lowest BCUT2D eigenvalue weighted by molar-refractivity contribution is 0.0725. The van der Waals surface area contributed by atoms with Gasteiger partial charge in [0, 0.05) is 16.8 Å². The van der Waals surface area contributed by atoms with Crippen LogP contribution in [0.4, 0.5) is 0 Å². The molecule has 15 heavy (non-hydrogen) atoms. The van der Waals surface area contributed by atoms with Crippen molar-refractivity contribution in [2.24, 2.45) is 5.41 Å². The summed E-state index contributed by atoms with van der Waals surface area (Å²) in [4.78, 5) is 1.61. The molecular weight excluding hydrogens is 202 g/mol. The van der Waals surface area contributed by atoms with Crippen LogP contribution in [0, 0.1) is 12.3 Å². The minimum atomic E-state index is 0.422. The third-order valence-electron chi connectivity index (χ3n) is 3.94. The number of nitrogens with one attached hydrogen (secondary N) is 1. The highest BCUT2D eigenvalue weighted by Crippen LogP contribution is 2.54. The van der Waals surface area contributed by atoms with Crippen molar-refractivity contribution in [3.05, 3.63) is 21.9 Å². The van der Waals surface area contributed by atoms with E-state index in [1.165, 1.54) is 12.0 Å². The highest BCUT2D eigenvalue weighted by molar-refractivity contribution is 7.10. The highest BCUT2D eigenvalue weighted by Gasteiger charge is 2.48. The third-order valence-corrected chi connectivity index (χ3v) is 5.07. The number of hydrogen-bond acceptors (Lipinski definition) is 2. The largest absolute Gasteiger partial charge is 0.314 e. The summed E-state index contributed by atoms with van der Waals surface area (Å²) >= 11 is 1.93. The van der Waals surface area contributed by atoms with E-state index in [1.807, 2.05) is 11.3 Å². The molecule has 0 saturated heterocycles. The SMILES string of the molecule is CCNC1CC(c2sccc2C)C1(C)C. The molecule has 2 rings (SSSR count). The van der Waals surface area contributed by atoms with Crippen LogP contribution in [0.3, 0.4) is 0 Å². The van der Waals surface area contributed by atoms with E-state index in [0.29, 0.717) is 11.5 Å². The van der Waals surface area contributed by atoms with Crippen molar-refractivity contribution in [3.8, 4) is 0 Å². The predicted molar refractivity (Wildman–Crippen MR) is 67.7 cm³/mol. The molecule has 1 aliphatic rings. The van der Waals surface area contributed by atoms with Crippen molar-refractivity contribution in [1.29, 1.82) is 0 Å². The molecule has 1 fully saturated rings. The van der Waals surface area contributed by atoms with Crippen LogP contribution in [-0.4, -0.2) is 12.6 Å².